The molecule has 0 saturated carbocycles. The SMILES string of the molecule is O.[K+].[K+].[K+].[O]=[Sb]([O-])([O-])[O-]. The molecular weight excluding hydrogens is 319 g/mol. The summed E-state index contributed by atoms with van der Waals surface area (Å²) < 4.78 is 34.6. The minimum atomic E-state index is -6.10. The van der Waals surface area contributed by atoms with E-state index in [1.165, 1.54) is 0 Å². The number of hydrogen-bond donors (Lipinski definition) is 0. The Morgan fingerprint density at radius 3 is 0.889 bits per heavy atom. The Morgan fingerprint density at radius 1 is 0.889 bits per heavy atom. The van der Waals surface area contributed by atoms with Crippen molar-refractivity contribution in [3.8, 4) is 0 Å². The Kier molecular flexibility index (Phi) is 51.4. The normalized spacial score (nSPS) is 6.56. The molecule has 0 bridgehead atoms. The molecule has 0 spiro atoms. The van der Waals surface area contributed by atoms with Crippen LogP contribution in [0.3, 0.4) is 0 Å². The minimum absolute atomic E-state index is 0. The van der Waals surface area contributed by atoms with Gasteiger partial charge in [-0.15, -0.1) is 0 Å². The van der Waals surface area contributed by atoms with Gasteiger partial charge in [-0.3, -0.25) is 0 Å². The molecule has 0 aliphatic heterocycles. The second-order valence-corrected chi connectivity index (χ2v) is 3.00. The van der Waals surface area contributed by atoms with Crippen molar-refractivity contribution in [3.63, 3.8) is 0 Å². The molecule has 0 saturated heterocycles. The summed E-state index contributed by atoms with van der Waals surface area (Å²) in [4.78, 5) is 0. The summed E-state index contributed by atoms with van der Waals surface area (Å²) in [6.07, 6.45) is 0. The summed E-state index contributed by atoms with van der Waals surface area (Å²) in [6, 6.07) is 0. The van der Waals surface area contributed by atoms with Gasteiger partial charge in [0.05, 0.1) is 0 Å². The predicted octanol–water partition coefficient (Wildman–Crippen LogP) is -13.9. The van der Waals surface area contributed by atoms with Crippen LogP contribution in [0.4, 0.5) is 0 Å². The van der Waals surface area contributed by atoms with Crippen LogP contribution in [0.15, 0.2) is 0 Å². The first kappa shape index (κ1) is 29.3. The topological polar surface area (TPSA) is 118 Å². The quantitative estimate of drug-likeness (QED) is 0.412. The van der Waals surface area contributed by atoms with Crippen molar-refractivity contribution in [2.45, 2.75) is 0 Å². The van der Waals surface area contributed by atoms with Gasteiger partial charge in [0.1, 0.15) is 0 Å². The van der Waals surface area contributed by atoms with E-state index in [0.717, 1.165) is 0 Å². The third kappa shape index (κ3) is 60.0. The molecule has 2 N–H and O–H groups in total. The van der Waals surface area contributed by atoms with Crippen molar-refractivity contribution in [2.75, 3.05) is 0 Å². The fourth-order valence-corrected chi connectivity index (χ4v) is 0. The molecule has 0 aromatic carbocycles. The van der Waals surface area contributed by atoms with Crippen molar-refractivity contribution in [1.82, 2.24) is 0 Å². The Balaban J connectivity index is -0.0000000133. The van der Waals surface area contributed by atoms with Gasteiger partial charge in [0.2, 0.25) is 0 Å². The van der Waals surface area contributed by atoms with Crippen LogP contribution in [0, 0.1) is 0 Å². The molecule has 9 heavy (non-hydrogen) atoms. The van der Waals surface area contributed by atoms with Gasteiger partial charge >= 0.3 is 187 Å². The third-order valence-corrected chi connectivity index (χ3v) is 0. The van der Waals surface area contributed by atoms with Gasteiger partial charge in [0.25, 0.3) is 0 Å². The zero-order valence-corrected chi connectivity index (χ0v) is 17.5. The van der Waals surface area contributed by atoms with Crippen molar-refractivity contribution in [1.29, 1.82) is 0 Å². The fraction of sp³-hybridized carbons (Fsp3) is 0. The second kappa shape index (κ2) is 15.8. The van der Waals surface area contributed by atoms with E-state index in [4.69, 9.17) is 13.2 Å². The van der Waals surface area contributed by atoms with Crippen molar-refractivity contribution in [2.24, 2.45) is 0 Å². The van der Waals surface area contributed by atoms with Crippen LogP contribution in [0.2, 0.25) is 0 Å². The Morgan fingerprint density at radius 2 is 0.889 bits per heavy atom. The van der Waals surface area contributed by atoms with Crippen LogP contribution >= 0.6 is 0 Å². The van der Waals surface area contributed by atoms with Crippen molar-refractivity contribution in [3.05, 3.63) is 0 Å². The summed E-state index contributed by atoms with van der Waals surface area (Å²) in [7, 11) is 0. The second-order valence-electron chi connectivity index (χ2n) is 0.447. The van der Waals surface area contributed by atoms with Crippen LogP contribution in [0.1, 0.15) is 0 Å². The van der Waals surface area contributed by atoms with Crippen molar-refractivity contribution < 1.29 is 173 Å². The zero-order valence-electron chi connectivity index (χ0n) is 5.58. The molecule has 0 aliphatic rings. The van der Waals surface area contributed by atoms with E-state index in [1.54, 1.807) is 0 Å². The molecule has 0 aromatic heterocycles. The monoisotopic (exact) mass is 320 g/mol. The van der Waals surface area contributed by atoms with E-state index in [-0.39, 0.29) is 160 Å². The van der Waals surface area contributed by atoms with Gasteiger partial charge in [0.15, 0.2) is 0 Å². The first-order valence-electron chi connectivity index (χ1n) is 0.730. The first-order valence-corrected chi connectivity index (χ1v) is 4.90. The average molecular weight is 321 g/mol. The van der Waals surface area contributed by atoms with Crippen LogP contribution < -0.4 is 164 Å². The van der Waals surface area contributed by atoms with Crippen LogP contribution in [-0.2, 0) is 3.02 Å². The molecular formula is H2K3O5Sb. The van der Waals surface area contributed by atoms with E-state index in [9.17, 15) is 0 Å². The standard InChI is InChI=1S/3K.H2O.4O.Sb/h;;;1H2;;;;;/q3*+1;;;3*-1;. The third-order valence-electron chi connectivity index (χ3n) is 0. The molecule has 0 fully saturated rings. The molecule has 0 atom stereocenters. The molecule has 0 aliphatic carbocycles. The van der Waals surface area contributed by atoms with Gasteiger partial charge < -0.3 is 5.48 Å². The van der Waals surface area contributed by atoms with E-state index >= 15 is 0 Å². The molecule has 0 heterocycles. The van der Waals surface area contributed by atoms with E-state index < -0.39 is 20.1 Å². The molecule has 0 unspecified atom stereocenters. The van der Waals surface area contributed by atoms with Crippen LogP contribution in [-0.4, -0.2) is 25.5 Å². The fourth-order valence-electron chi connectivity index (χ4n) is 0. The Labute approximate surface area is 186 Å². The summed E-state index contributed by atoms with van der Waals surface area (Å²) >= 11 is -6.10. The van der Waals surface area contributed by atoms with Gasteiger partial charge in [-0.25, -0.2) is 0 Å². The maximum absolute atomic E-state index is 8.64. The maximum atomic E-state index is 8.64. The summed E-state index contributed by atoms with van der Waals surface area (Å²) in [6.45, 7) is 0. The van der Waals surface area contributed by atoms with E-state index in [1.807, 2.05) is 0 Å². The van der Waals surface area contributed by atoms with Gasteiger partial charge in [-0.1, -0.05) is 0 Å². The average Bonchev–Trinajstić information content (AvgIpc) is 0.722. The van der Waals surface area contributed by atoms with Gasteiger partial charge in [-0.05, 0) is 0 Å². The zero-order chi connectivity index (χ0) is 4.50. The van der Waals surface area contributed by atoms with E-state index in [2.05, 4.69) is 0 Å². The van der Waals surface area contributed by atoms with Crippen LogP contribution in [0.5, 0.6) is 0 Å². The van der Waals surface area contributed by atoms with Crippen molar-refractivity contribution >= 4 is 20.1 Å². The molecule has 0 amide bonds. The predicted molar refractivity (Wildman–Crippen MR) is 10.1 cm³/mol. The Hall–Kier alpha value is 5.37. The summed E-state index contributed by atoms with van der Waals surface area (Å²) in [5.74, 6) is 0. The van der Waals surface area contributed by atoms with Crippen LogP contribution in [0.25, 0.3) is 0 Å². The van der Waals surface area contributed by atoms with Gasteiger partial charge in [-0.2, -0.15) is 0 Å². The molecule has 0 aromatic rings. The van der Waals surface area contributed by atoms with Gasteiger partial charge in [0, 0.05) is 0 Å². The molecule has 40 valence electrons. The molecule has 5 nitrogen and oxygen atoms in total. The summed E-state index contributed by atoms with van der Waals surface area (Å²) in [5.41, 5.74) is 0. The summed E-state index contributed by atoms with van der Waals surface area (Å²) in [5, 5.41) is 0. The molecule has 0 radical (unpaired) electrons. The Bertz CT molecular complexity index is 58.3. The number of hydrogen-bond acceptors (Lipinski definition) is 4. The number of rotatable bonds is 0. The molecule has 9 heteroatoms. The molecule has 0 rings (SSSR count). The van der Waals surface area contributed by atoms with E-state index in [0.29, 0.717) is 0 Å². The first-order chi connectivity index (χ1) is 2.00.